The number of hydrogen-bond donors (Lipinski definition) is 0. The quantitative estimate of drug-likeness (QED) is 0.306. The van der Waals surface area contributed by atoms with Gasteiger partial charge in [-0.3, -0.25) is 0 Å². The van der Waals surface area contributed by atoms with E-state index in [1.165, 1.54) is 0 Å². The summed E-state index contributed by atoms with van der Waals surface area (Å²) in [6.07, 6.45) is 1.72. The molecule has 0 aromatic carbocycles. The molecule has 0 unspecified atom stereocenters. The summed E-state index contributed by atoms with van der Waals surface area (Å²) in [6, 6.07) is 0. The van der Waals surface area contributed by atoms with Gasteiger partial charge in [-0.25, -0.2) is 0 Å². The van der Waals surface area contributed by atoms with Crippen LogP contribution in [0.5, 0.6) is 0 Å². The van der Waals surface area contributed by atoms with Gasteiger partial charge in [-0.15, -0.1) is 6.58 Å². The number of hydrogen-bond acceptors (Lipinski definition) is 4. The van der Waals surface area contributed by atoms with Crippen LogP contribution >= 0.6 is 0 Å². The van der Waals surface area contributed by atoms with Crippen LogP contribution in [0.25, 0.3) is 0 Å². The summed E-state index contributed by atoms with van der Waals surface area (Å²) in [6.45, 7) is 14.4. The maximum Gasteiger partial charge on any atom is 0.183 e. The Bertz CT molecular complexity index is 180. The Morgan fingerprint density at radius 2 is 1.29 bits per heavy atom. The first-order chi connectivity index (χ1) is 8.06. The third-order valence-electron chi connectivity index (χ3n) is 1.74. The molecule has 0 aliphatic carbocycles. The van der Waals surface area contributed by atoms with E-state index in [1.807, 2.05) is 0 Å². The largest absolute Gasteiger partial charge is 0.415 e. The zero-order valence-corrected chi connectivity index (χ0v) is 12.4. The zero-order chi connectivity index (χ0) is 13.0. The van der Waals surface area contributed by atoms with Crippen molar-refractivity contribution in [3.63, 3.8) is 0 Å². The lowest BCUT2D eigenvalue weighted by molar-refractivity contribution is 0.0130. The Hall–Kier alpha value is -0.203. The first kappa shape index (κ1) is 16.8. The van der Waals surface area contributed by atoms with Crippen LogP contribution in [0.3, 0.4) is 0 Å². The minimum atomic E-state index is -1.39. The number of ether oxygens (including phenoxy) is 3. The van der Waals surface area contributed by atoms with Gasteiger partial charge in [-0.05, 0) is 19.6 Å². The zero-order valence-electron chi connectivity index (χ0n) is 11.4. The highest BCUT2D eigenvalue weighted by Crippen LogP contribution is 2.01. The van der Waals surface area contributed by atoms with E-state index in [9.17, 15) is 0 Å². The molecule has 0 radical (unpaired) electrons. The van der Waals surface area contributed by atoms with Gasteiger partial charge in [0.15, 0.2) is 8.32 Å². The highest BCUT2D eigenvalue weighted by molar-refractivity contribution is 6.69. The minimum Gasteiger partial charge on any atom is -0.415 e. The van der Waals surface area contributed by atoms with E-state index in [1.54, 1.807) is 6.08 Å². The first-order valence-corrected chi connectivity index (χ1v) is 9.45. The van der Waals surface area contributed by atoms with Crippen molar-refractivity contribution in [3.05, 3.63) is 12.7 Å². The van der Waals surface area contributed by atoms with Gasteiger partial charge in [0.1, 0.15) is 0 Å². The minimum absolute atomic E-state index is 0.577. The van der Waals surface area contributed by atoms with Crippen LogP contribution in [0.4, 0.5) is 0 Å². The van der Waals surface area contributed by atoms with Crippen molar-refractivity contribution in [2.24, 2.45) is 0 Å². The van der Waals surface area contributed by atoms with Crippen molar-refractivity contribution < 1.29 is 18.6 Å². The third kappa shape index (κ3) is 15.8. The average Bonchev–Trinajstić information content (AvgIpc) is 2.24. The van der Waals surface area contributed by atoms with Crippen LogP contribution < -0.4 is 0 Å². The molecule has 5 heteroatoms. The van der Waals surface area contributed by atoms with Crippen LogP contribution in [0, 0.1) is 0 Å². The van der Waals surface area contributed by atoms with Crippen LogP contribution in [-0.2, 0) is 18.6 Å². The summed E-state index contributed by atoms with van der Waals surface area (Å²) >= 11 is 0. The van der Waals surface area contributed by atoms with Crippen molar-refractivity contribution in [2.45, 2.75) is 19.6 Å². The van der Waals surface area contributed by atoms with Gasteiger partial charge >= 0.3 is 0 Å². The molecule has 0 N–H and O–H groups in total. The van der Waals surface area contributed by atoms with Gasteiger partial charge in [-0.1, -0.05) is 6.08 Å². The maximum absolute atomic E-state index is 5.65. The summed E-state index contributed by atoms with van der Waals surface area (Å²) in [7, 11) is -1.39. The third-order valence-corrected chi connectivity index (χ3v) is 2.81. The van der Waals surface area contributed by atoms with Crippen LogP contribution in [0.1, 0.15) is 0 Å². The molecular weight excluding hydrogens is 236 g/mol. The fourth-order valence-electron chi connectivity index (χ4n) is 1.01. The van der Waals surface area contributed by atoms with Crippen molar-refractivity contribution in [3.8, 4) is 0 Å². The molecule has 0 fully saturated rings. The number of rotatable bonds is 12. The van der Waals surface area contributed by atoms with E-state index < -0.39 is 8.32 Å². The molecule has 0 heterocycles. The first-order valence-electron chi connectivity index (χ1n) is 6.04. The second kappa shape index (κ2) is 10.9. The Morgan fingerprint density at radius 1 is 0.824 bits per heavy atom. The van der Waals surface area contributed by atoms with Crippen molar-refractivity contribution in [1.29, 1.82) is 0 Å². The van der Waals surface area contributed by atoms with Crippen molar-refractivity contribution in [2.75, 3.05) is 46.2 Å². The standard InChI is InChI=1S/C12H26O4Si/c1-5-6-13-7-8-14-9-10-15-11-12-16-17(2,3)4/h5H,1,6-12H2,2-4H3. The molecule has 0 spiro atoms. The lowest BCUT2D eigenvalue weighted by Gasteiger charge is -2.16. The topological polar surface area (TPSA) is 36.9 Å². The molecule has 0 bridgehead atoms. The SMILES string of the molecule is C=CCOCCOCCOCCO[Si](C)(C)C. The van der Waals surface area contributed by atoms with Gasteiger partial charge < -0.3 is 18.6 Å². The van der Waals surface area contributed by atoms with E-state index in [-0.39, 0.29) is 0 Å². The van der Waals surface area contributed by atoms with E-state index in [2.05, 4.69) is 26.2 Å². The van der Waals surface area contributed by atoms with Gasteiger partial charge in [0, 0.05) is 0 Å². The molecule has 0 aromatic heterocycles. The molecule has 0 aromatic rings. The smallest absolute Gasteiger partial charge is 0.183 e. The molecular formula is C12H26O4Si. The summed E-state index contributed by atoms with van der Waals surface area (Å²) in [4.78, 5) is 0. The average molecular weight is 262 g/mol. The van der Waals surface area contributed by atoms with Gasteiger partial charge in [0.05, 0.1) is 46.2 Å². The summed E-state index contributed by atoms with van der Waals surface area (Å²) in [5.74, 6) is 0. The Balaban J connectivity index is 3.01. The van der Waals surface area contributed by atoms with Gasteiger partial charge in [0.2, 0.25) is 0 Å². The van der Waals surface area contributed by atoms with E-state index in [0.29, 0.717) is 46.2 Å². The second-order valence-electron chi connectivity index (χ2n) is 4.55. The fraction of sp³-hybridized carbons (Fsp3) is 0.833. The Labute approximate surface area is 106 Å². The summed E-state index contributed by atoms with van der Waals surface area (Å²) in [5.41, 5.74) is 0. The second-order valence-corrected chi connectivity index (χ2v) is 9.06. The lowest BCUT2D eigenvalue weighted by atomic mass is 10.6. The predicted octanol–water partition coefficient (Wildman–Crippen LogP) is 2.07. The molecule has 0 aliphatic rings. The summed E-state index contributed by atoms with van der Waals surface area (Å²) < 4.78 is 21.5. The Morgan fingerprint density at radius 3 is 1.76 bits per heavy atom. The molecule has 4 nitrogen and oxygen atoms in total. The fourth-order valence-corrected chi connectivity index (χ4v) is 1.71. The van der Waals surface area contributed by atoms with Crippen LogP contribution in [0.15, 0.2) is 12.7 Å². The van der Waals surface area contributed by atoms with Gasteiger partial charge in [0.25, 0.3) is 0 Å². The Kier molecular flexibility index (Phi) is 10.8. The normalized spacial score (nSPS) is 11.7. The molecule has 0 rings (SSSR count). The molecule has 0 saturated carbocycles. The highest BCUT2D eigenvalue weighted by atomic mass is 28.4. The van der Waals surface area contributed by atoms with E-state index >= 15 is 0 Å². The van der Waals surface area contributed by atoms with E-state index in [4.69, 9.17) is 18.6 Å². The molecule has 17 heavy (non-hydrogen) atoms. The van der Waals surface area contributed by atoms with Gasteiger partial charge in [-0.2, -0.15) is 0 Å². The molecule has 0 amide bonds. The van der Waals surface area contributed by atoms with Crippen LogP contribution in [-0.4, -0.2) is 54.6 Å². The highest BCUT2D eigenvalue weighted by Gasteiger charge is 2.12. The summed E-state index contributed by atoms with van der Waals surface area (Å²) in [5, 5.41) is 0. The molecule has 0 saturated heterocycles. The maximum atomic E-state index is 5.65. The lowest BCUT2D eigenvalue weighted by Crippen LogP contribution is -2.27. The van der Waals surface area contributed by atoms with Crippen molar-refractivity contribution in [1.82, 2.24) is 0 Å². The predicted molar refractivity (Wildman–Crippen MR) is 72.0 cm³/mol. The molecule has 102 valence electrons. The monoisotopic (exact) mass is 262 g/mol. The van der Waals surface area contributed by atoms with Crippen LogP contribution in [0.2, 0.25) is 19.6 Å². The van der Waals surface area contributed by atoms with Crippen molar-refractivity contribution >= 4 is 8.32 Å². The van der Waals surface area contributed by atoms with E-state index in [0.717, 1.165) is 0 Å². The molecule has 0 aliphatic heterocycles. The molecule has 0 atom stereocenters.